The van der Waals surface area contributed by atoms with Gasteiger partial charge in [0.25, 0.3) is 0 Å². The van der Waals surface area contributed by atoms with Crippen LogP contribution in [0.25, 0.3) is 21.5 Å². The molecule has 3 rings (SSSR count). The molecule has 0 saturated carbocycles. The van der Waals surface area contributed by atoms with E-state index < -0.39 is 24.1 Å². The summed E-state index contributed by atoms with van der Waals surface area (Å²) in [5, 5.41) is 3.07. The van der Waals surface area contributed by atoms with Gasteiger partial charge in [0, 0.05) is 21.5 Å². The number of esters is 2. The Labute approximate surface area is 162 Å². The summed E-state index contributed by atoms with van der Waals surface area (Å²) in [6, 6.07) is 15.0. The van der Waals surface area contributed by atoms with E-state index in [9.17, 15) is 9.59 Å². The van der Waals surface area contributed by atoms with Gasteiger partial charge in [-0.25, -0.2) is 9.59 Å². The third-order valence-corrected chi connectivity index (χ3v) is 4.49. The van der Waals surface area contributed by atoms with Gasteiger partial charge >= 0.3 is 11.9 Å². The van der Waals surface area contributed by atoms with E-state index in [1.807, 2.05) is 48.5 Å². The number of fused-ring (bicyclic) bond motifs is 2. The van der Waals surface area contributed by atoms with Gasteiger partial charge < -0.3 is 18.9 Å². The van der Waals surface area contributed by atoms with Crippen LogP contribution >= 0.6 is 0 Å². The average Bonchev–Trinajstić information content (AvgIpc) is 2.74. The second-order valence-corrected chi connectivity index (χ2v) is 6.32. The highest BCUT2D eigenvalue weighted by atomic mass is 16.6. The molecule has 3 aromatic carbocycles. The van der Waals surface area contributed by atoms with Crippen molar-refractivity contribution in [1.82, 2.24) is 0 Å². The lowest BCUT2D eigenvalue weighted by molar-refractivity contribution is -0.148. The van der Waals surface area contributed by atoms with Gasteiger partial charge in [-0.05, 0) is 13.8 Å². The SMILES string of the molecule is COC(=O)C(C)Oc1c2ccccc2c(OC(C)C(=O)OC)c2ccccc12. The summed E-state index contributed by atoms with van der Waals surface area (Å²) in [5.74, 6) is 0.185. The lowest BCUT2D eigenvalue weighted by Gasteiger charge is -2.21. The number of carbonyl (C=O) groups excluding carboxylic acids is 2. The molecule has 28 heavy (non-hydrogen) atoms. The molecule has 146 valence electrons. The maximum Gasteiger partial charge on any atom is 0.346 e. The molecule has 0 saturated heterocycles. The molecule has 0 radical (unpaired) electrons. The quantitative estimate of drug-likeness (QED) is 0.476. The van der Waals surface area contributed by atoms with Crippen LogP contribution in [0, 0.1) is 0 Å². The largest absolute Gasteiger partial charge is 0.478 e. The van der Waals surface area contributed by atoms with Gasteiger partial charge in [-0.1, -0.05) is 48.5 Å². The van der Waals surface area contributed by atoms with Crippen molar-refractivity contribution in [3.05, 3.63) is 48.5 Å². The van der Waals surface area contributed by atoms with Crippen LogP contribution in [-0.2, 0) is 19.1 Å². The Kier molecular flexibility index (Phi) is 5.68. The molecule has 0 fully saturated rings. The zero-order valence-electron chi connectivity index (χ0n) is 16.2. The van der Waals surface area contributed by atoms with E-state index in [0.29, 0.717) is 11.5 Å². The molecular weight excluding hydrogens is 360 g/mol. The number of hydrogen-bond donors (Lipinski definition) is 0. The molecule has 0 bridgehead atoms. The molecule has 6 nitrogen and oxygen atoms in total. The molecular formula is C22H22O6. The van der Waals surface area contributed by atoms with Crippen molar-refractivity contribution >= 4 is 33.5 Å². The summed E-state index contributed by atoms with van der Waals surface area (Å²) in [6.45, 7) is 3.28. The zero-order chi connectivity index (χ0) is 20.3. The predicted molar refractivity (Wildman–Crippen MR) is 106 cm³/mol. The van der Waals surface area contributed by atoms with E-state index in [1.54, 1.807) is 13.8 Å². The minimum absolute atomic E-state index is 0.465. The molecule has 6 heteroatoms. The Morgan fingerprint density at radius 2 is 0.929 bits per heavy atom. The van der Waals surface area contributed by atoms with Crippen LogP contribution in [0.2, 0.25) is 0 Å². The number of methoxy groups -OCH3 is 2. The number of ether oxygens (including phenoxy) is 4. The number of rotatable bonds is 6. The fraction of sp³-hybridized carbons (Fsp3) is 0.273. The third kappa shape index (κ3) is 3.58. The first-order valence-electron chi connectivity index (χ1n) is 8.90. The predicted octanol–water partition coefficient (Wildman–Crippen LogP) is 3.87. The van der Waals surface area contributed by atoms with Crippen LogP contribution in [0.5, 0.6) is 11.5 Å². The minimum Gasteiger partial charge on any atom is -0.478 e. The van der Waals surface area contributed by atoms with Gasteiger partial charge in [0.1, 0.15) is 11.5 Å². The highest BCUT2D eigenvalue weighted by Gasteiger charge is 2.23. The third-order valence-electron chi connectivity index (χ3n) is 4.49. The Bertz CT molecular complexity index is 887. The molecule has 2 unspecified atom stereocenters. The summed E-state index contributed by atoms with van der Waals surface area (Å²) in [6.07, 6.45) is -1.56. The second kappa shape index (κ2) is 8.17. The second-order valence-electron chi connectivity index (χ2n) is 6.32. The average molecular weight is 382 g/mol. The fourth-order valence-electron chi connectivity index (χ4n) is 3.08. The van der Waals surface area contributed by atoms with Gasteiger partial charge in [0.05, 0.1) is 14.2 Å². The van der Waals surface area contributed by atoms with Crippen molar-refractivity contribution in [2.24, 2.45) is 0 Å². The molecule has 0 aliphatic rings. The highest BCUT2D eigenvalue weighted by molar-refractivity contribution is 6.11. The van der Waals surface area contributed by atoms with Crippen molar-refractivity contribution in [1.29, 1.82) is 0 Å². The zero-order valence-corrected chi connectivity index (χ0v) is 16.2. The van der Waals surface area contributed by atoms with Crippen molar-refractivity contribution in [3.63, 3.8) is 0 Å². The number of benzene rings is 3. The number of carbonyl (C=O) groups is 2. The smallest absolute Gasteiger partial charge is 0.346 e. The van der Waals surface area contributed by atoms with Gasteiger partial charge in [0.15, 0.2) is 12.2 Å². The van der Waals surface area contributed by atoms with Crippen LogP contribution in [0.4, 0.5) is 0 Å². The molecule has 0 N–H and O–H groups in total. The molecule has 0 aliphatic heterocycles. The van der Waals surface area contributed by atoms with Crippen LogP contribution in [0.1, 0.15) is 13.8 Å². The first-order valence-corrected chi connectivity index (χ1v) is 8.90. The fourth-order valence-corrected chi connectivity index (χ4v) is 3.08. The topological polar surface area (TPSA) is 71.1 Å². The highest BCUT2D eigenvalue weighted by Crippen LogP contribution is 2.43. The van der Waals surface area contributed by atoms with E-state index in [-0.39, 0.29) is 0 Å². The summed E-state index contributed by atoms with van der Waals surface area (Å²) in [7, 11) is 2.65. The van der Waals surface area contributed by atoms with Crippen molar-refractivity contribution in [2.45, 2.75) is 26.1 Å². The molecule has 0 aromatic heterocycles. The van der Waals surface area contributed by atoms with Gasteiger partial charge in [0.2, 0.25) is 0 Å². The number of hydrogen-bond acceptors (Lipinski definition) is 6. The molecule has 3 aromatic rings. The van der Waals surface area contributed by atoms with E-state index in [1.165, 1.54) is 14.2 Å². The van der Waals surface area contributed by atoms with E-state index in [0.717, 1.165) is 21.5 Å². The van der Waals surface area contributed by atoms with Crippen molar-refractivity contribution < 1.29 is 28.5 Å². The lowest BCUT2D eigenvalue weighted by Crippen LogP contribution is -2.26. The van der Waals surface area contributed by atoms with E-state index in [2.05, 4.69) is 0 Å². The first kappa shape index (κ1) is 19.5. The first-order chi connectivity index (χ1) is 13.5. The van der Waals surface area contributed by atoms with Crippen molar-refractivity contribution in [3.8, 4) is 11.5 Å². The Morgan fingerprint density at radius 1 is 0.643 bits per heavy atom. The van der Waals surface area contributed by atoms with Gasteiger partial charge in [-0.15, -0.1) is 0 Å². The molecule has 0 aliphatic carbocycles. The van der Waals surface area contributed by atoms with Gasteiger partial charge in [-0.3, -0.25) is 0 Å². The Morgan fingerprint density at radius 3 is 1.18 bits per heavy atom. The summed E-state index contributed by atoms with van der Waals surface area (Å²) in [4.78, 5) is 23.8. The molecule has 2 atom stereocenters. The van der Waals surface area contributed by atoms with E-state index >= 15 is 0 Å². The van der Waals surface area contributed by atoms with Crippen LogP contribution < -0.4 is 9.47 Å². The lowest BCUT2D eigenvalue weighted by atomic mass is 10.0. The summed E-state index contributed by atoms with van der Waals surface area (Å²) in [5.41, 5.74) is 0. The van der Waals surface area contributed by atoms with Crippen molar-refractivity contribution in [2.75, 3.05) is 14.2 Å². The standard InChI is InChI=1S/C22H22O6/c1-13(21(23)25-3)27-19-15-9-5-7-11-17(15)20(28-14(2)22(24)26-4)18-12-8-6-10-16(18)19/h5-14H,1-4H3. The normalized spacial score (nSPS) is 13.0. The molecule has 0 heterocycles. The van der Waals surface area contributed by atoms with E-state index in [4.69, 9.17) is 18.9 Å². The maximum absolute atomic E-state index is 11.9. The van der Waals surface area contributed by atoms with Crippen LogP contribution in [-0.4, -0.2) is 38.4 Å². The minimum atomic E-state index is -0.780. The summed E-state index contributed by atoms with van der Waals surface area (Å²) < 4.78 is 21.6. The maximum atomic E-state index is 11.9. The molecule has 0 spiro atoms. The Hall–Kier alpha value is -3.28. The van der Waals surface area contributed by atoms with Gasteiger partial charge in [-0.2, -0.15) is 0 Å². The summed E-state index contributed by atoms with van der Waals surface area (Å²) >= 11 is 0. The molecule has 0 amide bonds. The Balaban J connectivity index is 2.24. The van der Waals surface area contributed by atoms with Crippen LogP contribution in [0.15, 0.2) is 48.5 Å². The monoisotopic (exact) mass is 382 g/mol. The van der Waals surface area contributed by atoms with Crippen LogP contribution in [0.3, 0.4) is 0 Å².